The summed E-state index contributed by atoms with van der Waals surface area (Å²) < 4.78 is 2.11. The molecule has 0 aliphatic heterocycles. The van der Waals surface area contributed by atoms with Crippen molar-refractivity contribution in [3.63, 3.8) is 0 Å². The van der Waals surface area contributed by atoms with Crippen LogP contribution in [0.1, 0.15) is 58.2 Å². The molecule has 1 amide bonds. The van der Waals surface area contributed by atoms with Gasteiger partial charge in [0.15, 0.2) is 5.16 Å². The number of thioether (sulfide) groups is 1. The Morgan fingerprint density at radius 1 is 1.36 bits per heavy atom. The zero-order valence-corrected chi connectivity index (χ0v) is 14.5. The van der Waals surface area contributed by atoms with Gasteiger partial charge in [0.2, 0.25) is 5.91 Å². The Morgan fingerprint density at radius 3 is 2.77 bits per heavy atom. The van der Waals surface area contributed by atoms with Crippen molar-refractivity contribution in [3.8, 4) is 0 Å². The van der Waals surface area contributed by atoms with E-state index in [4.69, 9.17) is 0 Å². The van der Waals surface area contributed by atoms with Crippen LogP contribution in [-0.4, -0.2) is 32.5 Å². The first kappa shape index (κ1) is 15.8. The van der Waals surface area contributed by atoms with Gasteiger partial charge in [-0.15, -0.1) is 10.2 Å². The highest BCUT2D eigenvalue weighted by atomic mass is 32.2. The predicted molar refractivity (Wildman–Crippen MR) is 87.9 cm³/mol. The van der Waals surface area contributed by atoms with Crippen LogP contribution in [0, 0.1) is 11.8 Å². The van der Waals surface area contributed by atoms with E-state index in [0.717, 1.165) is 29.4 Å². The van der Waals surface area contributed by atoms with E-state index in [-0.39, 0.29) is 5.91 Å². The largest absolute Gasteiger partial charge is 0.352 e. The number of nitrogens with zero attached hydrogens (tertiary/aromatic N) is 3. The van der Waals surface area contributed by atoms with Crippen LogP contribution in [0.15, 0.2) is 5.16 Å². The average Bonchev–Trinajstić information content (AvgIpc) is 3.19. The lowest BCUT2D eigenvalue weighted by molar-refractivity contribution is -0.119. The van der Waals surface area contributed by atoms with E-state index in [0.29, 0.717) is 17.7 Å². The third kappa shape index (κ3) is 3.16. The quantitative estimate of drug-likeness (QED) is 0.818. The van der Waals surface area contributed by atoms with Crippen LogP contribution < -0.4 is 5.32 Å². The van der Waals surface area contributed by atoms with Crippen molar-refractivity contribution in [1.29, 1.82) is 0 Å². The Hall–Kier alpha value is -1.04. The molecule has 0 aromatic carbocycles. The van der Waals surface area contributed by atoms with Gasteiger partial charge in [-0.1, -0.05) is 32.0 Å². The van der Waals surface area contributed by atoms with Gasteiger partial charge in [-0.05, 0) is 38.0 Å². The normalized spacial score (nSPS) is 26.8. The van der Waals surface area contributed by atoms with E-state index in [9.17, 15) is 4.79 Å². The molecule has 1 heterocycles. The van der Waals surface area contributed by atoms with Gasteiger partial charge in [0, 0.05) is 18.5 Å². The summed E-state index contributed by atoms with van der Waals surface area (Å²) in [6.07, 6.45) is 5.16. The molecular formula is C16H26N4OS. The second-order valence-electron chi connectivity index (χ2n) is 6.88. The number of aromatic nitrogens is 3. The fraction of sp³-hybridized carbons (Fsp3) is 0.812. The summed E-state index contributed by atoms with van der Waals surface area (Å²) in [5.74, 6) is 3.51. The average molecular weight is 322 g/mol. The number of rotatable bonds is 6. The molecule has 5 nitrogen and oxygen atoms in total. The van der Waals surface area contributed by atoms with Crippen molar-refractivity contribution in [1.82, 2.24) is 20.1 Å². The molecule has 2 saturated carbocycles. The van der Waals surface area contributed by atoms with Crippen molar-refractivity contribution in [3.05, 3.63) is 5.82 Å². The van der Waals surface area contributed by atoms with Crippen LogP contribution >= 0.6 is 11.8 Å². The molecular weight excluding hydrogens is 296 g/mol. The molecule has 2 bridgehead atoms. The maximum atomic E-state index is 12.2. The van der Waals surface area contributed by atoms with Gasteiger partial charge >= 0.3 is 0 Å². The lowest BCUT2D eigenvalue weighted by atomic mass is 9.95. The Kier molecular flexibility index (Phi) is 4.76. The van der Waals surface area contributed by atoms with Crippen LogP contribution in [0.3, 0.4) is 0 Å². The molecule has 22 heavy (non-hydrogen) atoms. The fourth-order valence-corrected chi connectivity index (χ4v) is 4.75. The monoisotopic (exact) mass is 322 g/mol. The van der Waals surface area contributed by atoms with Gasteiger partial charge in [-0.3, -0.25) is 4.79 Å². The summed E-state index contributed by atoms with van der Waals surface area (Å²) in [4.78, 5) is 12.2. The number of nitrogens with one attached hydrogen (secondary N) is 1. The lowest BCUT2D eigenvalue weighted by Crippen LogP contribution is -2.39. The smallest absolute Gasteiger partial charge is 0.230 e. The van der Waals surface area contributed by atoms with Crippen molar-refractivity contribution < 1.29 is 4.79 Å². The number of amides is 1. The summed E-state index contributed by atoms with van der Waals surface area (Å²) in [6, 6.07) is 0.419. The van der Waals surface area contributed by atoms with E-state index < -0.39 is 0 Å². The van der Waals surface area contributed by atoms with Crippen molar-refractivity contribution in [2.45, 2.75) is 70.1 Å². The van der Waals surface area contributed by atoms with Gasteiger partial charge in [0.1, 0.15) is 5.82 Å². The maximum absolute atomic E-state index is 12.2. The van der Waals surface area contributed by atoms with Gasteiger partial charge < -0.3 is 9.88 Å². The van der Waals surface area contributed by atoms with Crippen molar-refractivity contribution in [2.24, 2.45) is 11.8 Å². The molecule has 0 saturated heterocycles. The second kappa shape index (κ2) is 6.60. The topological polar surface area (TPSA) is 59.8 Å². The lowest BCUT2D eigenvalue weighted by Gasteiger charge is -2.22. The number of hydrogen-bond acceptors (Lipinski definition) is 4. The minimum atomic E-state index is 0.138. The van der Waals surface area contributed by atoms with Gasteiger partial charge in [-0.25, -0.2) is 0 Å². The van der Waals surface area contributed by atoms with E-state index in [1.807, 2.05) is 0 Å². The second-order valence-corrected chi connectivity index (χ2v) is 7.82. The minimum absolute atomic E-state index is 0.138. The van der Waals surface area contributed by atoms with Crippen molar-refractivity contribution >= 4 is 17.7 Å². The van der Waals surface area contributed by atoms with Crippen LogP contribution in [-0.2, 0) is 11.3 Å². The first-order valence-electron chi connectivity index (χ1n) is 8.43. The highest BCUT2D eigenvalue weighted by Crippen LogP contribution is 2.44. The fourth-order valence-electron chi connectivity index (χ4n) is 3.93. The molecule has 6 heteroatoms. The number of hydrogen-bond donors (Lipinski definition) is 1. The zero-order valence-electron chi connectivity index (χ0n) is 13.7. The number of carbonyl (C=O) groups is 1. The van der Waals surface area contributed by atoms with E-state index in [1.165, 1.54) is 37.4 Å². The highest BCUT2D eigenvalue weighted by molar-refractivity contribution is 7.99. The molecule has 0 radical (unpaired) electrons. The summed E-state index contributed by atoms with van der Waals surface area (Å²) in [5, 5.41) is 12.6. The standard InChI is InChI=1S/C16H26N4OS/c1-4-20-15(10(2)3)18-19-16(20)22-9-14(21)17-13-8-11-5-6-12(13)7-11/h10-13H,4-9H2,1-3H3,(H,17,21). The van der Waals surface area contributed by atoms with E-state index in [2.05, 4.69) is 40.9 Å². The first-order valence-corrected chi connectivity index (χ1v) is 9.42. The SMILES string of the molecule is CCn1c(SCC(=O)NC2CC3CCC2C3)nnc1C(C)C. The summed E-state index contributed by atoms with van der Waals surface area (Å²) in [6.45, 7) is 7.17. The molecule has 122 valence electrons. The molecule has 0 spiro atoms. The Balaban J connectivity index is 1.53. The van der Waals surface area contributed by atoms with Crippen LogP contribution in [0.25, 0.3) is 0 Å². The van der Waals surface area contributed by atoms with Gasteiger partial charge in [0.25, 0.3) is 0 Å². The molecule has 1 aromatic rings. The Labute approximate surface area is 136 Å². The van der Waals surface area contributed by atoms with Crippen LogP contribution in [0.4, 0.5) is 0 Å². The molecule has 2 aliphatic rings. The summed E-state index contributed by atoms with van der Waals surface area (Å²) in [7, 11) is 0. The van der Waals surface area contributed by atoms with Gasteiger partial charge in [0.05, 0.1) is 5.75 Å². The Bertz CT molecular complexity index is 542. The minimum Gasteiger partial charge on any atom is -0.352 e. The highest BCUT2D eigenvalue weighted by Gasteiger charge is 2.40. The van der Waals surface area contributed by atoms with E-state index in [1.54, 1.807) is 0 Å². The molecule has 3 rings (SSSR count). The third-order valence-electron chi connectivity index (χ3n) is 4.99. The zero-order chi connectivity index (χ0) is 15.7. The number of carbonyl (C=O) groups excluding carboxylic acids is 1. The maximum Gasteiger partial charge on any atom is 0.230 e. The molecule has 3 atom stereocenters. The Morgan fingerprint density at radius 2 is 2.18 bits per heavy atom. The molecule has 3 unspecified atom stereocenters. The van der Waals surface area contributed by atoms with Crippen molar-refractivity contribution in [2.75, 3.05) is 5.75 Å². The summed E-state index contributed by atoms with van der Waals surface area (Å²) >= 11 is 1.50. The first-order chi connectivity index (χ1) is 10.6. The van der Waals surface area contributed by atoms with Gasteiger partial charge in [-0.2, -0.15) is 0 Å². The summed E-state index contributed by atoms with van der Waals surface area (Å²) in [5.41, 5.74) is 0. The third-order valence-corrected chi connectivity index (χ3v) is 5.96. The predicted octanol–water partition coefficient (Wildman–Crippen LogP) is 2.82. The van der Waals surface area contributed by atoms with Crippen LogP contribution in [0.2, 0.25) is 0 Å². The molecule has 2 aliphatic carbocycles. The van der Waals surface area contributed by atoms with Crippen LogP contribution in [0.5, 0.6) is 0 Å². The van der Waals surface area contributed by atoms with E-state index >= 15 is 0 Å². The number of fused-ring (bicyclic) bond motifs is 2. The molecule has 1 N–H and O–H groups in total. The molecule has 1 aromatic heterocycles. The molecule has 2 fully saturated rings.